The van der Waals surface area contributed by atoms with Crippen molar-refractivity contribution in [1.29, 1.82) is 0 Å². The third-order valence-corrected chi connectivity index (χ3v) is 6.91. The van der Waals surface area contributed by atoms with Crippen LogP contribution >= 0.6 is 23.1 Å². The molecule has 0 aliphatic carbocycles. The Kier molecular flexibility index (Phi) is 7.82. The zero-order valence-electron chi connectivity index (χ0n) is 18.6. The summed E-state index contributed by atoms with van der Waals surface area (Å²) >= 11 is 2.55. The number of nitrogens with zero attached hydrogens (tertiary/aromatic N) is 4. The minimum Gasteiger partial charge on any atom is -0.462 e. The molecule has 1 amide bonds. The highest BCUT2D eigenvalue weighted by atomic mass is 32.2. The Morgan fingerprint density at radius 3 is 2.52 bits per heavy atom. The number of rotatable bonds is 9. The molecule has 1 aromatic carbocycles. The van der Waals surface area contributed by atoms with E-state index in [1.165, 1.54) is 35.2 Å². The predicted molar refractivity (Wildman–Crippen MR) is 127 cm³/mol. The van der Waals surface area contributed by atoms with Gasteiger partial charge < -0.3 is 14.6 Å². The summed E-state index contributed by atoms with van der Waals surface area (Å²) in [5.74, 6) is -0.115. The molecule has 0 fully saturated rings. The number of thioether (sulfide) groups is 1. The Morgan fingerprint density at radius 2 is 1.91 bits per heavy atom. The molecule has 10 nitrogen and oxygen atoms in total. The van der Waals surface area contributed by atoms with Gasteiger partial charge in [-0.3, -0.25) is 14.9 Å². The van der Waals surface area contributed by atoms with Gasteiger partial charge in [-0.1, -0.05) is 11.8 Å². The van der Waals surface area contributed by atoms with Crippen molar-refractivity contribution in [2.45, 2.75) is 39.4 Å². The van der Waals surface area contributed by atoms with E-state index in [0.717, 1.165) is 10.4 Å². The lowest BCUT2D eigenvalue weighted by Crippen LogP contribution is -2.17. The van der Waals surface area contributed by atoms with E-state index in [0.29, 0.717) is 33.7 Å². The first-order chi connectivity index (χ1) is 15.8. The molecule has 0 radical (unpaired) electrons. The number of nitro benzene ring substituents is 1. The van der Waals surface area contributed by atoms with E-state index >= 15 is 0 Å². The highest BCUT2D eigenvalue weighted by Crippen LogP contribution is 2.33. The topological polar surface area (TPSA) is 129 Å². The van der Waals surface area contributed by atoms with Crippen LogP contribution in [0.2, 0.25) is 0 Å². The fourth-order valence-corrected chi connectivity index (χ4v) is 4.95. The highest BCUT2D eigenvalue weighted by Gasteiger charge is 2.22. The molecule has 3 aromatic rings. The number of thiophene rings is 1. The number of carbonyl (C=O) groups is 2. The molecule has 2 aromatic heterocycles. The van der Waals surface area contributed by atoms with E-state index in [9.17, 15) is 19.7 Å². The first-order valence-corrected chi connectivity index (χ1v) is 11.9. The summed E-state index contributed by atoms with van der Waals surface area (Å²) in [5.41, 5.74) is 1.86. The van der Waals surface area contributed by atoms with Gasteiger partial charge in [-0.05, 0) is 45.4 Å². The van der Waals surface area contributed by atoms with Crippen molar-refractivity contribution in [3.8, 4) is 11.4 Å². The maximum Gasteiger partial charge on any atom is 0.341 e. The third kappa shape index (κ3) is 5.40. The SMILES string of the molecule is CCOC(=O)c1c(NC(=O)CSc2nnc(-c3ccc([N+](=O)[O-])cc3)n2CC)sc(C)c1C. The number of benzene rings is 1. The molecule has 33 heavy (non-hydrogen) atoms. The van der Waals surface area contributed by atoms with Gasteiger partial charge >= 0.3 is 5.97 Å². The van der Waals surface area contributed by atoms with Gasteiger partial charge in [-0.25, -0.2) is 4.79 Å². The maximum atomic E-state index is 12.6. The van der Waals surface area contributed by atoms with Crippen molar-refractivity contribution in [3.05, 3.63) is 50.4 Å². The minimum absolute atomic E-state index is 0.00572. The first-order valence-electron chi connectivity index (χ1n) is 10.1. The molecule has 0 saturated carbocycles. The number of carbonyl (C=O) groups excluding carboxylic acids is 2. The van der Waals surface area contributed by atoms with Gasteiger partial charge in [0.15, 0.2) is 11.0 Å². The van der Waals surface area contributed by atoms with Gasteiger partial charge in [0.1, 0.15) is 5.00 Å². The van der Waals surface area contributed by atoms with Gasteiger partial charge in [-0.15, -0.1) is 21.5 Å². The number of amides is 1. The van der Waals surface area contributed by atoms with Crippen LogP contribution in [-0.4, -0.2) is 43.9 Å². The number of aryl methyl sites for hydroxylation is 1. The van der Waals surface area contributed by atoms with E-state index in [1.807, 2.05) is 25.3 Å². The van der Waals surface area contributed by atoms with Gasteiger partial charge in [0.2, 0.25) is 5.91 Å². The quantitative estimate of drug-likeness (QED) is 0.202. The Labute approximate surface area is 198 Å². The first kappa shape index (κ1) is 24.4. The second-order valence-corrected chi connectivity index (χ2v) is 9.07. The van der Waals surface area contributed by atoms with E-state index < -0.39 is 10.9 Å². The van der Waals surface area contributed by atoms with Crippen molar-refractivity contribution < 1.29 is 19.2 Å². The number of nitrogens with one attached hydrogen (secondary N) is 1. The molecule has 0 bridgehead atoms. The molecular formula is C21H23N5O5S2. The lowest BCUT2D eigenvalue weighted by atomic mass is 10.1. The van der Waals surface area contributed by atoms with Gasteiger partial charge in [0.05, 0.1) is 22.8 Å². The Hall–Kier alpha value is -3.25. The van der Waals surface area contributed by atoms with Crippen LogP contribution in [0.4, 0.5) is 10.7 Å². The molecule has 0 saturated heterocycles. The van der Waals surface area contributed by atoms with Crippen LogP contribution in [0.25, 0.3) is 11.4 Å². The van der Waals surface area contributed by atoms with Crippen molar-refractivity contribution in [2.24, 2.45) is 0 Å². The smallest absolute Gasteiger partial charge is 0.341 e. The highest BCUT2D eigenvalue weighted by molar-refractivity contribution is 7.99. The van der Waals surface area contributed by atoms with Gasteiger partial charge in [0, 0.05) is 29.1 Å². The van der Waals surface area contributed by atoms with Crippen LogP contribution < -0.4 is 5.32 Å². The van der Waals surface area contributed by atoms with Crippen molar-refractivity contribution in [3.63, 3.8) is 0 Å². The number of ether oxygens (including phenoxy) is 1. The Balaban J connectivity index is 1.72. The summed E-state index contributed by atoms with van der Waals surface area (Å²) in [7, 11) is 0. The second-order valence-electron chi connectivity index (χ2n) is 6.90. The predicted octanol–water partition coefficient (Wildman–Crippen LogP) is 4.46. The average molecular weight is 490 g/mol. The standard InChI is InChI=1S/C21H23N5O5S2/c1-5-25-18(14-7-9-15(10-8-14)26(29)30)23-24-21(25)32-11-16(27)22-19-17(20(28)31-6-2)12(3)13(4)33-19/h7-10H,5-6,11H2,1-4H3,(H,22,27). The third-order valence-electron chi connectivity index (χ3n) is 4.82. The van der Waals surface area contributed by atoms with E-state index in [4.69, 9.17) is 4.74 Å². The normalized spacial score (nSPS) is 10.8. The molecule has 1 N–H and O–H groups in total. The number of hydrogen-bond acceptors (Lipinski definition) is 9. The molecule has 0 unspecified atom stereocenters. The number of anilines is 1. The van der Waals surface area contributed by atoms with Crippen LogP contribution in [0.1, 0.15) is 34.6 Å². The van der Waals surface area contributed by atoms with Crippen LogP contribution in [0.5, 0.6) is 0 Å². The molecule has 12 heteroatoms. The van der Waals surface area contributed by atoms with Crippen molar-refractivity contribution >= 4 is 45.7 Å². The van der Waals surface area contributed by atoms with E-state index in [2.05, 4.69) is 15.5 Å². The fourth-order valence-electron chi connectivity index (χ4n) is 3.08. The van der Waals surface area contributed by atoms with Crippen LogP contribution in [0.15, 0.2) is 29.4 Å². The number of non-ortho nitro benzene ring substituents is 1. The molecule has 0 aliphatic heterocycles. The number of hydrogen-bond donors (Lipinski definition) is 1. The fraction of sp³-hybridized carbons (Fsp3) is 0.333. The van der Waals surface area contributed by atoms with Gasteiger partial charge in [-0.2, -0.15) is 0 Å². The summed E-state index contributed by atoms with van der Waals surface area (Å²) in [6.07, 6.45) is 0. The molecule has 174 valence electrons. The van der Waals surface area contributed by atoms with E-state index in [-0.39, 0.29) is 24.0 Å². The van der Waals surface area contributed by atoms with Crippen LogP contribution in [-0.2, 0) is 16.1 Å². The molecule has 0 spiro atoms. The summed E-state index contributed by atoms with van der Waals surface area (Å²) in [5, 5.41) is 23.1. The lowest BCUT2D eigenvalue weighted by molar-refractivity contribution is -0.384. The summed E-state index contributed by atoms with van der Waals surface area (Å²) in [6.45, 7) is 8.17. The summed E-state index contributed by atoms with van der Waals surface area (Å²) in [6, 6.07) is 6.06. The molecule has 2 heterocycles. The number of nitro groups is 1. The lowest BCUT2D eigenvalue weighted by Gasteiger charge is -2.08. The Bertz CT molecular complexity index is 1190. The molecule has 0 aliphatic rings. The molecule has 0 atom stereocenters. The summed E-state index contributed by atoms with van der Waals surface area (Å²) in [4.78, 5) is 36.3. The Morgan fingerprint density at radius 1 is 1.21 bits per heavy atom. The van der Waals surface area contributed by atoms with Crippen LogP contribution in [0.3, 0.4) is 0 Å². The number of esters is 1. The maximum absolute atomic E-state index is 12.6. The molecular weight excluding hydrogens is 466 g/mol. The van der Waals surface area contributed by atoms with Crippen LogP contribution in [0, 0.1) is 24.0 Å². The average Bonchev–Trinajstić information content (AvgIpc) is 3.32. The monoisotopic (exact) mass is 489 g/mol. The largest absolute Gasteiger partial charge is 0.462 e. The van der Waals surface area contributed by atoms with E-state index in [1.54, 1.807) is 19.1 Å². The zero-order valence-corrected chi connectivity index (χ0v) is 20.2. The molecule has 3 rings (SSSR count). The van der Waals surface area contributed by atoms with Crippen molar-refractivity contribution in [1.82, 2.24) is 14.8 Å². The van der Waals surface area contributed by atoms with Gasteiger partial charge in [0.25, 0.3) is 5.69 Å². The zero-order chi connectivity index (χ0) is 24.1. The second kappa shape index (κ2) is 10.6. The minimum atomic E-state index is -0.460. The summed E-state index contributed by atoms with van der Waals surface area (Å²) < 4.78 is 6.96. The number of aromatic nitrogens is 3. The van der Waals surface area contributed by atoms with Crippen molar-refractivity contribution in [2.75, 3.05) is 17.7 Å².